The van der Waals surface area contributed by atoms with E-state index in [2.05, 4.69) is 19.2 Å². The molecule has 8 nitrogen and oxygen atoms in total. The molecule has 0 saturated carbocycles. The molecule has 8 heteroatoms. The second kappa shape index (κ2) is 12.1. The summed E-state index contributed by atoms with van der Waals surface area (Å²) in [6.07, 6.45) is 2.35. The van der Waals surface area contributed by atoms with Gasteiger partial charge >= 0.3 is 0 Å². The van der Waals surface area contributed by atoms with E-state index in [9.17, 15) is 9.59 Å². The minimum absolute atomic E-state index is 0.0856. The van der Waals surface area contributed by atoms with Crippen LogP contribution in [0.4, 0.5) is 0 Å². The molecule has 0 aliphatic heterocycles. The number of carbonyl (C=O) groups excluding carboxylic acids is 2. The van der Waals surface area contributed by atoms with E-state index < -0.39 is 0 Å². The summed E-state index contributed by atoms with van der Waals surface area (Å²) in [7, 11) is 3.09. The van der Waals surface area contributed by atoms with Crippen molar-refractivity contribution >= 4 is 22.8 Å². The zero-order valence-electron chi connectivity index (χ0n) is 20.5. The number of hydrogen-bond acceptors (Lipinski definition) is 5. The first-order chi connectivity index (χ1) is 16.5. The van der Waals surface area contributed by atoms with E-state index in [0.717, 1.165) is 42.8 Å². The number of methoxy groups -OCH3 is 2. The Labute approximate surface area is 200 Å². The van der Waals surface area contributed by atoms with E-state index in [4.69, 9.17) is 14.5 Å². The highest BCUT2D eigenvalue weighted by Crippen LogP contribution is 2.27. The van der Waals surface area contributed by atoms with Gasteiger partial charge in [-0.1, -0.05) is 26.0 Å². The first kappa shape index (κ1) is 25.1. The summed E-state index contributed by atoms with van der Waals surface area (Å²) >= 11 is 0. The van der Waals surface area contributed by atoms with E-state index in [1.165, 1.54) is 7.11 Å². The van der Waals surface area contributed by atoms with Gasteiger partial charge in [-0.05, 0) is 43.2 Å². The standard InChI is InChI=1S/C26H34N4O4/c1-5-15-29(16-6-2)25(31)18-30-21-10-8-7-9-20(21)28-24(30)13-14-27-26(32)19-11-12-22(33-3)23(17-19)34-4/h7-12,17H,5-6,13-16,18H2,1-4H3,(H,27,32). The lowest BCUT2D eigenvalue weighted by Gasteiger charge is -2.22. The third-order valence-electron chi connectivity index (χ3n) is 5.65. The van der Waals surface area contributed by atoms with Crippen LogP contribution in [0.3, 0.4) is 0 Å². The van der Waals surface area contributed by atoms with Crippen LogP contribution in [-0.2, 0) is 17.8 Å². The molecule has 1 heterocycles. The topological polar surface area (TPSA) is 85.7 Å². The number of hydrogen-bond donors (Lipinski definition) is 1. The Hall–Kier alpha value is -3.55. The molecule has 0 fully saturated rings. The average molecular weight is 467 g/mol. The maximum Gasteiger partial charge on any atom is 0.251 e. The van der Waals surface area contributed by atoms with Crippen molar-refractivity contribution in [1.29, 1.82) is 0 Å². The molecule has 1 N–H and O–H groups in total. The highest BCUT2D eigenvalue weighted by atomic mass is 16.5. The van der Waals surface area contributed by atoms with Gasteiger partial charge in [-0.2, -0.15) is 0 Å². The number of rotatable bonds is 12. The van der Waals surface area contributed by atoms with E-state index in [1.54, 1.807) is 25.3 Å². The number of benzene rings is 2. The lowest BCUT2D eigenvalue weighted by molar-refractivity contribution is -0.131. The number of nitrogens with zero attached hydrogens (tertiary/aromatic N) is 3. The quantitative estimate of drug-likeness (QED) is 0.440. The Morgan fingerprint density at radius 1 is 1.00 bits per heavy atom. The third kappa shape index (κ3) is 5.87. The fourth-order valence-electron chi connectivity index (χ4n) is 4.00. The van der Waals surface area contributed by atoms with Crippen molar-refractivity contribution in [2.45, 2.75) is 39.7 Å². The number of nitrogens with one attached hydrogen (secondary N) is 1. The van der Waals surface area contributed by atoms with Crippen LogP contribution >= 0.6 is 0 Å². The molecule has 3 aromatic rings. The predicted octanol–water partition coefficient (Wildman–Crippen LogP) is 3.67. The number of aromatic nitrogens is 2. The summed E-state index contributed by atoms with van der Waals surface area (Å²) in [5.41, 5.74) is 2.25. The van der Waals surface area contributed by atoms with Gasteiger partial charge in [0, 0.05) is 31.6 Å². The van der Waals surface area contributed by atoms with Crippen molar-refractivity contribution in [3.63, 3.8) is 0 Å². The van der Waals surface area contributed by atoms with Gasteiger partial charge in [-0.25, -0.2) is 4.98 Å². The highest BCUT2D eigenvalue weighted by molar-refractivity contribution is 5.94. The van der Waals surface area contributed by atoms with Crippen molar-refractivity contribution in [2.24, 2.45) is 0 Å². The van der Waals surface area contributed by atoms with Gasteiger partial charge in [0.25, 0.3) is 5.91 Å². The molecule has 182 valence electrons. The molecule has 0 saturated heterocycles. The van der Waals surface area contributed by atoms with Gasteiger partial charge in [-0.3, -0.25) is 9.59 Å². The first-order valence-electron chi connectivity index (χ1n) is 11.7. The largest absolute Gasteiger partial charge is 0.493 e. The molecule has 3 rings (SSSR count). The number of carbonyl (C=O) groups is 2. The maximum absolute atomic E-state index is 13.1. The summed E-state index contributed by atoms with van der Waals surface area (Å²) in [5.74, 6) is 1.71. The molecule has 2 aromatic carbocycles. The minimum Gasteiger partial charge on any atom is -0.493 e. The Kier molecular flexibility index (Phi) is 8.90. The van der Waals surface area contributed by atoms with Crippen molar-refractivity contribution < 1.29 is 19.1 Å². The summed E-state index contributed by atoms with van der Waals surface area (Å²) in [4.78, 5) is 32.4. The van der Waals surface area contributed by atoms with Gasteiger partial charge < -0.3 is 24.3 Å². The van der Waals surface area contributed by atoms with Crippen LogP contribution in [0.5, 0.6) is 11.5 Å². The van der Waals surface area contributed by atoms with Crippen LogP contribution in [0.25, 0.3) is 11.0 Å². The smallest absolute Gasteiger partial charge is 0.251 e. The minimum atomic E-state index is -0.211. The van der Waals surface area contributed by atoms with E-state index in [0.29, 0.717) is 30.0 Å². The SMILES string of the molecule is CCCN(CCC)C(=O)Cn1c(CCNC(=O)c2ccc(OC)c(OC)c2)nc2ccccc21. The Morgan fingerprint density at radius 3 is 2.38 bits per heavy atom. The van der Waals surface area contributed by atoms with Crippen LogP contribution in [-0.4, -0.2) is 60.1 Å². The number of fused-ring (bicyclic) bond motifs is 1. The van der Waals surface area contributed by atoms with Gasteiger partial charge in [0.05, 0.1) is 25.3 Å². The van der Waals surface area contributed by atoms with E-state index >= 15 is 0 Å². The number of amides is 2. The van der Waals surface area contributed by atoms with Crippen molar-refractivity contribution in [2.75, 3.05) is 33.9 Å². The molecule has 0 spiro atoms. The molecule has 0 aliphatic carbocycles. The highest BCUT2D eigenvalue weighted by Gasteiger charge is 2.18. The average Bonchev–Trinajstić information content (AvgIpc) is 3.20. The first-order valence-corrected chi connectivity index (χ1v) is 11.7. The second-order valence-corrected chi connectivity index (χ2v) is 8.06. The normalized spacial score (nSPS) is 10.8. The molecule has 2 amide bonds. The number of imidazole rings is 1. The molecular formula is C26H34N4O4. The zero-order valence-corrected chi connectivity index (χ0v) is 20.5. The molecule has 0 unspecified atom stereocenters. The van der Waals surface area contributed by atoms with Crippen molar-refractivity contribution in [3.8, 4) is 11.5 Å². The van der Waals surface area contributed by atoms with E-state index in [-0.39, 0.29) is 18.4 Å². The third-order valence-corrected chi connectivity index (χ3v) is 5.65. The van der Waals surface area contributed by atoms with Crippen LogP contribution in [0.2, 0.25) is 0 Å². The maximum atomic E-state index is 13.1. The number of para-hydroxylation sites is 2. The Morgan fingerprint density at radius 2 is 1.71 bits per heavy atom. The molecule has 1 aromatic heterocycles. The molecule has 0 atom stereocenters. The van der Waals surface area contributed by atoms with Gasteiger partial charge in [0.2, 0.25) is 5.91 Å². The lowest BCUT2D eigenvalue weighted by atomic mass is 10.2. The summed E-state index contributed by atoms with van der Waals surface area (Å²) < 4.78 is 12.5. The Balaban J connectivity index is 1.73. The molecule has 34 heavy (non-hydrogen) atoms. The monoisotopic (exact) mass is 466 g/mol. The van der Waals surface area contributed by atoms with Gasteiger partial charge in [0.1, 0.15) is 12.4 Å². The van der Waals surface area contributed by atoms with Crippen molar-refractivity contribution in [3.05, 3.63) is 53.9 Å². The molecule has 0 radical (unpaired) electrons. The van der Waals surface area contributed by atoms with Gasteiger partial charge in [-0.15, -0.1) is 0 Å². The fraction of sp³-hybridized carbons (Fsp3) is 0.423. The predicted molar refractivity (Wildman–Crippen MR) is 132 cm³/mol. The molecule has 0 bridgehead atoms. The summed E-state index contributed by atoms with van der Waals surface area (Å²) in [6.45, 7) is 6.27. The second-order valence-electron chi connectivity index (χ2n) is 8.06. The van der Waals surface area contributed by atoms with Crippen molar-refractivity contribution in [1.82, 2.24) is 19.8 Å². The van der Waals surface area contributed by atoms with Crippen LogP contribution < -0.4 is 14.8 Å². The summed E-state index contributed by atoms with van der Waals surface area (Å²) in [5, 5.41) is 2.94. The molecule has 0 aliphatic rings. The lowest BCUT2D eigenvalue weighted by Crippen LogP contribution is -2.35. The zero-order chi connectivity index (χ0) is 24.5. The van der Waals surface area contributed by atoms with Crippen LogP contribution in [0.15, 0.2) is 42.5 Å². The van der Waals surface area contributed by atoms with E-state index in [1.807, 2.05) is 33.7 Å². The van der Waals surface area contributed by atoms with Crippen LogP contribution in [0, 0.1) is 0 Å². The fourth-order valence-corrected chi connectivity index (χ4v) is 4.00. The summed E-state index contributed by atoms with van der Waals surface area (Å²) in [6, 6.07) is 12.9. The number of ether oxygens (including phenoxy) is 2. The Bertz CT molecular complexity index is 1120. The molecular weight excluding hydrogens is 432 g/mol. The van der Waals surface area contributed by atoms with Crippen LogP contribution in [0.1, 0.15) is 42.9 Å². The van der Waals surface area contributed by atoms with Gasteiger partial charge in [0.15, 0.2) is 11.5 Å².